The first-order chi connectivity index (χ1) is 10.6. The number of methoxy groups -OCH3 is 1. The van der Waals surface area contributed by atoms with Crippen LogP contribution in [0.1, 0.15) is 30.5 Å². The molecule has 2 atom stereocenters. The fourth-order valence-electron chi connectivity index (χ4n) is 3.44. The number of hydrogen-bond donors (Lipinski definition) is 0. The van der Waals surface area contributed by atoms with Crippen LogP contribution in [0.5, 0.6) is 17.2 Å². The monoisotopic (exact) mass is 308 g/mol. The van der Waals surface area contributed by atoms with Gasteiger partial charge in [0.15, 0.2) is 11.5 Å². The van der Waals surface area contributed by atoms with Gasteiger partial charge in [0.25, 0.3) is 0 Å². The summed E-state index contributed by atoms with van der Waals surface area (Å²) in [6, 6.07) is 0.930. The zero-order chi connectivity index (χ0) is 15.9. The van der Waals surface area contributed by atoms with Gasteiger partial charge in [0, 0.05) is 23.5 Å². The van der Waals surface area contributed by atoms with E-state index in [-0.39, 0.29) is 17.8 Å². The van der Waals surface area contributed by atoms with Crippen molar-refractivity contribution in [2.24, 2.45) is 0 Å². The van der Waals surface area contributed by atoms with E-state index in [1.165, 1.54) is 0 Å². The number of nitro groups is 1. The van der Waals surface area contributed by atoms with Gasteiger partial charge in [-0.25, -0.2) is 0 Å². The van der Waals surface area contributed by atoms with Crippen LogP contribution in [0, 0.1) is 10.1 Å². The zero-order valence-electron chi connectivity index (χ0n) is 13.0. The Morgan fingerprint density at radius 3 is 2.95 bits per heavy atom. The molecule has 3 rings (SSSR count). The summed E-state index contributed by atoms with van der Waals surface area (Å²) in [5.74, 6) is 1.79. The Balaban J connectivity index is 2.18. The molecule has 0 aliphatic carbocycles. The summed E-state index contributed by atoms with van der Waals surface area (Å²) in [5.41, 5.74) is 1.91. The summed E-state index contributed by atoms with van der Waals surface area (Å²) in [5, 5.41) is 11.5. The Kier molecular flexibility index (Phi) is 3.82. The van der Waals surface area contributed by atoms with Gasteiger partial charge in [0.2, 0.25) is 18.6 Å². The molecular formula is C15H20N2O5. The second kappa shape index (κ2) is 5.64. The maximum atomic E-state index is 11.5. The highest BCUT2D eigenvalue weighted by molar-refractivity contribution is 5.62. The lowest BCUT2D eigenvalue weighted by atomic mass is 9.86. The summed E-state index contributed by atoms with van der Waals surface area (Å²) in [6.07, 6.45) is 1.27. The molecule has 2 heterocycles. The third-order valence-electron chi connectivity index (χ3n) is 4.51. The van der Waals surface area contributed by atoms with Crippen molar-refractivity contribution in [1.29, 1.82) is 0 Å². The molecule has 7 heteroatoms. The first-order valence-corrected chi connectivity index (χ1v) is 7.41. The first-order valence-electron chi connectivity index (χ1n) is 7.41. The third-order valence-corrected chi connectivity index (χ3v) is 4.51. The molecule has 1 aromatic carbocycles. The predicted molar refractivity (Wildman–Crippen MR) is 79.3 cm³/mol. The number of benzene rings is 1. The highest BCUT2D eigenvalue weighted by Gasteiger charge is 2.42. The van der Waals surface area contributed by atoms with Gasteiger partial charge in [0.05, 0.1) is 7.11 Å². The second-order valence-corrected chi connectivity index (χ2v) is 5.65. The molecule has 1 aromatic rings. The summed E-state index contributed by atoms with van der Waals surface area (Å²) < 4.78 is 16.5. The van der Waals surface area contributed by atoms with E-state index < -0.39 is 6.04 Å². The lowest BCUT2D eigenvalue weighted by Gasteiger charge is -2.36. The van der Waals surface area contributed by atoms with Crippen molar-refractivity contribution in [2.75, 3.05) is 27.5 Å². The van der Waals surface area contributed by atoms with E-state index >= 15 is 0 Å². The van der Waals surface area contributed by atoms with E-state index in [4.69, 9.17) is 14.2 Å². The van der Waals surface area contributed by atoms with Gasteiger partial charge in [-0.2, -0.15) is 0 Å². The van der Waals surface area contributed by atoms with E-state index in [1.807, 2.05) is 24.9 Å². The smallest absolute Gasteiger partial charge is 0.232 e. The minimum atomic E-state index is -0.682. The largest absolute Gasteiger partial charge is 0.492 e. The molecule has 0 spiro atoms. The Morgan fingerprint density at radius 1 is 1.55 bits per heavy atom. The Labute approximate surface area is 128 Å². The molecule has 0 bridgehead atoms. The molecular weight excluding hydrogens is 288 g/mol. The average molecular weight is 308 g/mol. The molecule has 0 aromatic heterocycles. The van der Waals surface area contributed by atoms with Crippen molar-refractivity contribution in [1.82, 2.24) is 4.90 Å². The Morgan fingerprint density at radius 2 is 2.32 bits per heavy atom. The fraction of sp³-hybridized carbons (Fsp3) is 0.600. The molecule has 0 saturated carbocycles. The first kappa shape index (κ1) is 14.9. The molecule has 0 N–H and O–H groups in total. The van der Waals surface area contributed by atoms with E-state index in [2.05, 4.69) is 0 Å². The van der Waals surface area contributed by atoms with E-state index in [9.17, 15) is 10.1 Å². The van der Waals surface area contributed by atoms with Crippen molar-refractivity contribution >= 4 is 0 Å². The minimum Gasteiger partial charge on any atom is -0.492 e. The highest BCUT2D eigenvalue weighted by atomic mass is 16.7. The molecule has 7 nitrogen and oxygen atoms in total. The molecule has 0 radical (unpaired) electrons. The van der Waals surface area contributed by atoms with Gasteiger partial charge in [-0.3, -0.25) is 15.0 Å². The van der Waals surface area contributed by atoms with Crippen LogP contribution in [0.3, 0.4) is 0 Å². The number of rotatable bonds is 4. The van der Waals surface area contributed by atoms with Crippen molar-refractivity contribution in [2.45, 2.75) is 31.8 Å². The summed E-state index contributed by atoms with van der Waals surface area (Å²) in [7, 11) is 3.49. The third kappa shape index (κ3) is 2.16. The number of likely N-dealkylation sites (N-methyl/N-ethyl adjacent to an activating group) is 1. The van der Waals surface area contributed by atoms with Gasteiger partial charge in [-0.15, -0.1) is 0 Å². The Hall–Kier alpha value is -2.02. The van der Waals surface area contributed by atoms with Crippen LogP contribution in [0.25, 0.3) is 0 Å². The second-order valence-electron chi connectivity index (χ2n) is 5.65. The quantitative estimate of drug-likeness (QED) is 0.626. The maximum absolute atomic E-state index is 11.5. The van der Waals surface area contributed by atoms with E-state index in [0.717, 1.165) is 24.1 Å². The average Bonchev–Trinajstić information content (AvgIpc) is 2.95. The zero-order valence-corrected chi connectivity index (χ0v) is 13.0. The van der Waals surface area contributed by atoms with Crippen molar-refractivity contribution in [3.63, 3.8) is 0 Å². The van der Waals surface area contributed by atoms with Gasteiger partial charge >= 0.3 is 0 Å². The number of ether oxygens (including phenoxy) is 3. The normalized spacial score (nSPS) is 21.3. The van der Waals surface area contributed by atoms with Gasteiger partial charge < -0.3 is 14.2 Å². The topological polar surface area (TPSA) is 74.1 Å². The molecule has 0 fully saturated rings. The summed E-state index contributed by atoms with van der Waals surface area (Å²) in [4.78, 5) is 13.3. The molecule has 2 aliphatic rings. The molecule has 0 unspecified atom stereocenters. The number of hydrogen-bond acceptors (Lipinski definition) is 6. The summed E-state index contributed by atoms with van der Waals surface area (Å²) in [6.45, 7) is 2.77. The van der Waals surface area contributed by atoms with Crippen LogP contribution >= 0.6 is 0 Å². The fourth-order valence-corrected chi connectivity index (χ4v) is 3.44. The predicted octanol–water partition coefficient (Wildman–Crippen LogP) is 2.01. The van der Waals surface area contributed by atoms with Crippen LogP contribution in [0.15, 0.2) is 6.07 Å². The highest BCUT2D eigenvalue weighted by Crippen LogP contribution is 2.50. The van der Waals surface area contributed by atoms with Crippen LogP contribution in [0.2, 0.25) is 0 Å². The van der Waals surface area contributed by atoms with Crippen LogP contribution in [-0.2, 0) is 6.42 Å². The van der Waals surface area contributed by atoms with Crippen molar-refractivity contribution in [3.8, 4) is 17.2 Å². The van der Waals surface area contributed by atoms with Crippen LogP contribution < -0.4 is 14.2 Å². The molecule has 120 valence electrons. The SMILES string of the molecule is CC[C@@H]([C@@H]1c2c(cc3c(c2OC)OCO3)CCN1C)[N+](=O)[O-]. The van der Waals surface area contributed by atoms with E-state index in [0.29, 0.717) is 23.7 Å². The summed E-state index contributed by atoms with van der Waals surface area (Å²) >= 11 is 0. The molecule has 0 saturated heterocycles. The number of nitrogens with zero attached hydrogens (tertiary/aromatic N) is 2. The van der Waals surface area contributed by atoms with E-state index in [1.54, 1.807) is 7.11 Å². The lowest BCUT2D eigenvalue weighted by molar-refractivity contribution is -0.532. The minimum absolute atomic E-state index is 0.154. The molecule has 2 aliphatic heterocycles. The van der Waals surface area contributed by atoms with Crippen LogP contribution in [-0.4, -0.2) is 43.4 Å². The molecule has 0 amide bonds. The molecule has 22 heavy (non-hydrogen) atoms. The van der Waals surface area contributed by atoms with Gasteiger partial charge in [-0.1, -0.05) is 6.92 Å². The van der Waals surface area contributed by atoms with Crippen molar-refractivity contribution < 1.29 is 19.1 Å². The lowest BCUT2D eigenvalue weighted by Crippen LogP contribution is -2.42. The number of fused-ring (bicyclic) bond motifs is 2. The maximum Gasteiger partial charge on any atom is 0.232 e. The van der Waals surface area contributed by atoms with Crippen LogP contribution in [0.4, 0.5) is 0 Å². The van der Waals surface area contributed by atoms with Crippen molar-refractivity contribution in [3.05, 3.63) is 27.3 Å². The van der Waals surface area contributed by atoms with Gasteiger partial charge in [-0.05, 0) is 25.1 Å². The Bertz CT molecular complexity index is 604. The van der Waals surface area contributed by atoms with Gasteiger partial charge in [0.1, 0.15) is 6.04 Å². The standard InChI is InChI=1S/C15H20N2O5/c1-4-10(17(18)19)13-12-9(5-6-16(13)2)7-11-14(15(12)20-3)22-8-21-11/h7,10,13H,4-6,8H2,1-3H3/t10-,13+/m0/s1.